The largest absolute Gasteiger partial charge is 0.482 e. The number of nitrogens with one attached hydrogen (secondary N) is 2. The lowest BCUT2D eigenvalue weighted by molar-refractivity contribution is -0.118. The van der Waals surface area contributed by atoms with Crippen LogP contribution in [0.25, 0.3) is 11.3 Å². The normalized spacial score (nSPS) is 12.7. The molecular weight excluding hydrogens is 344 g/mol. The summed E-state index contributed by atoms with van der Waals surface area (Å²) in [6.45, 7) is 1.87. The number of benzene rings is 2. The van der Waals surface area contributed by atoms with Crippen LogP contribution in [0.3, 0.4) is 0 Å². The number of amides is 2. The lowest BCUT2D eigenvalue weighted by Gasteiger charge is -2.18. The van der Waals surface area contributed by atoms with Crippen molar-refractivity contribution in [2.24, 2.45) is 7.05 Å². The topological polar surface area (TPSA) is 85.2 Å². The zero-order chi connectivity index (χ0) is 19.0. The minimum absolute atomic E-state index is 0.0562. The number of nitrogens with zero attached hydrogens (tertiary/aromatic N) is 2. The van der Waals surface area contributed by atoms with E-state index in [4.69, 9.17) is 4.74 Å². The molecule has 3 aromatic rings. The van der Waals surface area contributed by atoms with Crippen LogP contribution in [0.15, 0.2) is 48.5 Å². The van der Waals surface area contributed by atoms with Gasteiger partial charge in [-0.1, -0.05) is 30.3 Å². The molecule has 7 nitrogen and oxygen atoms in total. The maximum Gasteiger partial charge on any atom is 0.262 e. The third-order valence-electron chi connectivity index (χ3n) is 4.44. The van der Waals surface area contributed by atoms with Crippen molar-refractivity contribution in [1.82, 2.24) is 9.78 Å². The molecule has 1 aromatic heterocycles. The Kier molecular flexibility index (Phi) is 4.12. The van der Waals surface area contributed by atoms with E-state index in [0.29, 0.717) is 22.8 Å². The van der Waals surface area contributed by atoms with Crippen molar-refractivity contribution in [1.29, 1.82) is 0 Å². The predicted molar refractivity (Wildman–Crippen MR) is 102 cm³/mol. The Labute approximate surface area is 156 Å². The van der Waals surface area contributed by atoms with E-state index >= 15 is 0 Å². The Balaban J connectivity index is 1.60. The first-order chi connectivity index (χ1) is 13.0. The minimum atomic E-state index is -0.274. The first-order valence-electron chi connectivity index (χ1n) is 8.50. The Hall–Kier alpha value is -3.61. The Morgan fingerprint density at radius 3 is 2.78 bits per heavy atom. The molecule has 2 aromatic carbocycles. The third-order valence-corrected chi connectivity index (χ3v) is 4.44. The van der Waals surface area contributed by atoms with E-state index in [2.05, 4.69) is 15.7 Å². The quantitative estimate of drug-likeness (QED) is 0.750. The maximum absolute atomic E-state index is 12.7. The molecule has 1 aliphatic heterocycles. The molecule has 0 atom stereocenters. The molecule has 2 amide bonds. The zero-order valence-corrected chi connectivity index (χ0v) is 14.9. The molecule has 7 heteroatoms. The van der Waals surface area contributed by atoms with Crippen molar-refractivity contribution in [3.05, 3.63) is 59.7 Å². The van der Waals surface area contributed by atoms with Crippen molar-refractivity contribution in [3.63, 3.8) is 0 Å². The third kappa shape index (κ3) is 3.15. The highest BCUT2D eigenvalue weighted by atomic mass is 16.5. The van der Waals surface area contributed by atoms with E-state index in [9.17, 15) is 9.59 Å². The summed E-state index contributed by atoms with van der Waals surface area (Å²) in [5.41, 5.74) is 3.70. The van der Waals surface area contributed by atoms with Crippen LogP contribution in [0.4, 0.5) is 11.5 Å². The number of carbonyl (C=O) groups excluding carboxylic acids is 2. The van der Waals surface area contributed by atoms with E-state index in [1.165, 1.54) is 0 Å². The van der Waals surface area contributed by atoms with Gasteiger partial charge >= 0.3 is 0 Å². The highest BCUT2D eigenvalue weighted by Gasteiger charge is 2.20. The number of anilines is 2. The average Bonchev–Trinajstić information content (AvgIpc) is 2.96. The van der Waals surface area contributed by atoms with Gasteiger partial charge in [0, 0.05) is 23.7 Å². The van der Waals surface area contributed by atoms with Gasteiger partial charge in [0.25, 0.3) is 11.8 Å². The molecular formula is C20H18N4O3. The summed E-state index contributed by atoms with van der Waals surface area (Å²) < 4.78 is 7.03. The summed E-state index contributed by atoms with van der Waals surface area (Å²) in [5.74, 6) is 0.627. The number of hydrogen-bond acceptors (Lipinski definition) is 4. The van der Waals surface area contributed by atoms with Crippen LogP contribution in [0.1, 0.15) is 15.9 Å². The summed E-state index contributed by atoms with van der Waals surface area (Å²) in [7, 11) is 1.79. The fourth-order valence-corrected chi connectivity index (χ4v) is 3.07. The number of ether oxygens (including phenoxy) is 1. The van der Waals surface area contributed by atoms with Crippen LogP contribution in [0, 0.1) is 6.92 Å². The van der Waals surface area contributed by atoms with E-state index in [1.807, 2.05) is 37.3 Å². The number of aryl methyl sites for hydroxylation is 1. The number of hydrogen-bond donors (Lipinski definition) is 2. The Morgan fingerprint density at radius 1 is 1.22 bits per heavy atom. The zero-order valence-electron chi connectivity index (χ0n) is 14.9. The molecule has 136 valence electrons. The second-order valence-electron chi connectivity index (χ2n) is 6.31. The lowest BCUT2D eigenvalue weighted by atomic mass is 10.1. The van der Waals surface area contributed by atoms with Crippen molar-refractivity contribution < 1.29 is 14.3 Å². The van der Waals surface area contributed by atoms with Gasteiger partial charge in [0.05, 0.1) is 11.4 Å². The molecule has 0 saturated carbocycles. The second kappa shape index (κ2) is 6.60. The first-order valence-corrected chi connectivity index (χ1v) is 8.50. The summed E-state index contributed by atoms with van der Waals surface area (Å²) in [5, 5.41) is 10.2. The standard InChI is InChI=1S/C20H18N4O3/c1-12-18(13-6-4-3-5-7-13)23-24(2)19(12)22-20(26)14-8-9-15-16(10-14)27-11-17(25)21-15/h3-10H,11H2,1-2H3,(H,21,25)(H,22,26). The smallest absolute Gasteiger partial charge is 0.262 e. The molecule has 0 fully saturated rings. The highest BCUT2D eigenvalue weighted by Crippen LogP contribution is 2.30. The fraction of sp³-hybridized carbons (Fsp3) is 0.150. The van der Waals surface area contributed by atoms with Crippen molar-refractivity contribution in [2.45, 2.75) is 6.92 Å². The van der Waals surface area contributed by atoms with Crippen molar-refractivity contribution in [2.75, 3.05) is 17.2 Å². The summed E-state index contributed by atoms with van der Waals surface area (Å²) in [6.07, 6.45) is 0. The van der Waals surface area contributed by atoms with Crippen LogP contribution < -0.4 is 15.4 Å². The number of rotatable bonds is 3. The van der Waals surface area contributed by atoms with Gasteiger partial charge in [-0.25, -0.2) is 0 Å². The summed E-state index contributed by atoms with van der Waals surface area (Å²) in [6, 6.07) is 14.7. The van der Waals surface area contributed by atoms with E-state index in [1.54, 1.807) is 29.9 Å². The molecule has 2 heterocycles. The average molecular weight is 362 g/mol. The van der Waals surface area contributed by atoms with Crippen LogP contribution in [0.5, 0.6) is 5.75 Å². The summed E-state index contributed by atoms with van der Waals surface area (Å²) in [4.78, 5) is 24.1. The molecule has 1 aliphatic rings. The molecule has 0 radical (unpaired) electrons. The van der Waals surface area contributed by atoms with Crippen molar-refractivity contribution >= 4 is 23.3 Å². The number of aromatic nitrogens is 2. The van der Waals surface area contributed by atoms with Crippen LogP contribution in [-0.4, -0.2) is 28.2 Å². The molecule has 0 unspecified atom stereocenters. The van der Waals surface area contributed by atoms with Gasteiger partial charge in [0.1, 0.15) is 11.6 Å². The van der Waals surface area contributed by atoms with Gasteiger partial charge in [-0.3, -0.25) is 14.3 Å². The fourth-order valence-electron chi connectivity index (χ4n) is 3.07. The van der Waals surface area contributed by atoms with Gasteiger partial charge in [0.2, 0.25) is 0 Å². The second-order valence-corrected chi connectivity index (χ2v) is 6.31. The molecule has 0 saturated heterocycles. The molecule has 0 spiro atoms. The van der Waals surface area contributed by atoms with E-state index < -0.39 is 0 Å². The predicted octanol–water partition coefficient (Wildman–Crippen LogP) is 2.98. The van der Waals surface area contributed by atoms with Gasteiger partial charge in [-0.15, -0.1) is 0 Å². The van der Waals surface area contributed by atoms with Crippen LogP contribution in [-0.2, 0) is 11.8 Å². The summed E-state index contributed by atoms with van der Waals surface area (Å²) >= 11 is 0. The van der Waals surface area contributed by atoms with Gasteiger partial charge < -0.3 is 15.4 Å². The Morgan fingerprint density at radius 2 is 2.00 bits per heavy atom. The maximum atomic E-state index is 12.7. The van der Waals surface area contributed by atoms with E-state index in [0.717, 1.165) is 16.8 Å². The lowest BCUT2D eigenvalue weighted by Crippen LogP contribution is -2.25. The SMILES string of the molecule is Cc1c(-c2ccccc2)nn(C)c1NC(=O)c1ccc2c(c1)OCC(=O)N2. The molecule has 2 N–H and O–H groups in total. The van der Waals surface area contributed by atoms with Gasteiger partial charge in [0.15, 0.2) is 6.61 Å². The highest BCUT2D eigenvalue weighted by molar-refractivity contribution is 6.06. The number of carbonyl (C=O) groups is 2. The molecule has 0 aliphatic carbocycles. The van der Waals surface area contributed by atoms with Crippen LogP contribution >= 0.6 is 0 Å². The monoisotopic (exact) mass is 362 g/mol. The minimum Gasteiger partial charge on any atom is -0.482 e. The van der Waals surface area contributed by atoms with E-state index in [-0.39, 0.29) is 18.4 Å². The Bertz CT molecular complexity index is 1040. The first kappa shape index (κ1) is 16.8. The molecule has 27 heavy (non-hydrogen) atoms. The van der Waals surface area contributed by atoms with Gasteiger partial charge in [-0.2, -0.15) is 5.10 Å². The van der Waals surface area contributed by atoms with Gasteiger partial charge in [-0.05, 0) is 25.1 Å². The number of fused-ring (bicyclic) bond motifs is 1. The van der Waals surface area contributed by atoms with Crippen LogP contribution in [0.2, 0.25) is 0 Å². The molecule has 0 bridgehead atoms. The molecule has 4 rings (SSSR count). The van der Waals surface area contributed by atoms with Crippen molar-refractivity contribution in [3.8, 4) is 17.0 Å².